The first kappa shape index (κ1) is 32.1. The highest BCUT2D eigenvalue weighted by molar-refractivity contribution is 5.92. The lowest BCUT2D eigenvalue weighted by Gasteiger charge is -2.36. The third-order valence-corrected chi connectivity index (χ3v) is 7.16. The molecular formula is C30H48N4O5. The largest absolute Gasteiger partial charge is 0.444 e. The number of nitrogens with zero attached hydrogens (tertiary/aromatic N) is 1. The highest BCUT2D eigenvalue weighted by Crippen LogP contribution is 2.29. The fourth-order valence-electron chi connectivity index (χ4n) is 4.94. The van der Waals surface area contributed by atoms with Crippen molar-refractivity contribution in [2.24, 2.45) is 5.73 Å². The summed E-state index contributed by atoms with van der Waals surface area (Å²) < 4.78 is 5.40. The number of hydrogen-bond donors (Lipinski definition) is 3. The minimum atomic E-state index is -1.08. The van der Waals surface area contributed by atoms with Gasteiger partial charge in [0.2, 0.25) is 17.7 Å². The molecule has 0 heterocycles. The predicted molar refractivity (Wildman–Crippen MR) is 152 cm³/mol. The van der Waals surface area contributed by atoms with Gasteiger partial charge in [-0.15, -0.1) is 0 Å². The second kappa shape index (κ2) is 14.9. The Kier molecular flexibility index (Phi) is 12.3. The molecule has 4 N–H and O–H groups in total. The molecule has 0 aromatic heterocycles. The zero-order chi connectivity index (χ0) is 29.2. The standard InChI is InChI=1S/C30H48N4O5/c1-7-8-19-34(28(37)24(17-18-25(31)35)33-29(38)39-30(4,5)6)26(23-16-12-13-20(2)21(23)3)27(36)32-22-14-10-9-11-15-22/h12-13,16,22,24,26H,7-11,14-15,17-19H2,1-6H3,(H2,31,35)(H,32,36)(H,33,38). The maximum absolute atomic E-state index is 14.2. The molecule has 1 fully saturated rings. The highest BCUT2D eigenvalue weighted by Gasteiger charge is 2.37. The van der Waals surface area contributed by atoms with Crippen LogP contribution in [0.2, 0.25) is 0 Å². The predicted octanol–water partition coefficient (Wildman–Crippen LogP) is 4.58. The number of hydrogen-bond acceptors (Lipinski definition) is 5. The van der Waals surface area contributed by atoms with E-state index in [1.54, 1.807) is 25.7 Å². The van der Waals surface area contributed by atoms with Gasteiger partial charge in [-0.05, 0) is 77.0 Å². The molecule has 9 nitrogen and oxygen atoms in total. The molecule has 0 spiro atoms. The second-order valence-electron chi connectivity index (χ2n) is 11.6. The third kappa shape index (κ3) is 10.2. The Labute approximate surface area is 233 Å². The summed E-state index contributed by atoms with van der Waals surface area (Å²) in [4.78, 5) is 54.1. The zero-order valence-corrected chi connectivity index (χ0v) is 24.6. The van der Waals surface area contributed by atoms with Crippen molar-refractivity contribution in [3.05, 3.63) is 34.9 Å². The van der Waals surface area contributed by atoms with Gasteiger partial charge in [-0.1, -0.05) is 50.8 Å². The van der Waals surface area contributed by atoms with E-state index in [9.17, 15) is 19.2 Å². The number of carbonyl (C=O) groups excluding carboxylic acids is 4. The number of nitrogens with one attached hydrogen (secondary N) is 2. The Bertz CT molecular complexity index is 998. The summed E-state index contributed by atoms with van der Waals surface area (Å²) in [6.45, 7) is 11.5. The number of alkyl carbamates (subject to hydrolysis) is 1. The van der Waals surface area contributed by atoms with Gasteiger partial charge in [0.25, 0.3) is 0 Å². The van der Waals surface area contributed by atoms with Crippen molar-refractivity contribution in [2.45, 2.75) is 123 Å². The van der Waals surface area contributed by atoms with E-state index in [0.29, 0.717) is 13.0 Å². The Morgan fingerprint density at radius 1 is 1.10 bits per heavy atom. The molecule has 39 heavy (non-hydrogen) atoms. The van der Waals surface area contributed by atoms with Gasteiger partial charge in [0, 0.05) is 19.0 Å². The van der Waals surface area contributed by atoms with Crippen LogP contribution in [-0.4, -0.2) is 52.9 Å². The number of benzene rings is 1. The van der Waals surface area contributed by atoms with Crippen LogP contribution in [0.1, 0.15) is 108 Å². The molecule has 1 aliphatic carbocycles. The average molecular weight is 545 g/mol. The lowest BCUT2D eigenvalue weighted by atomic mass is 9.92. The quantitative estimate of drug-likeness (QED) is 0.354. The van der Waals surface area contributed by atoms with Crippen LogP contribution >= 0.6 is 0 Å². The number of rotatable bonds is 12. The maximum atomic E-state index is 14.2. The first-order chi connectivity index (χ1) is 18.3. The SMILES string of the molecule is CCCCN(C(=O)C(CCC(N)=O)NC(=O)OC(C)(C)C)C(C(=O)NC1CCCCC1)c1cccc(C)c1C. The van der Waals surface area contributed by atoms with E-state index < -0.39 is 35.6 Å². The summed E-state index contributed by atoms with van der Waals surface area (Å²) in [6, 6.07) is 3.85. The summed E-state index contributed by atoms with van der Waals surface area (Å²) in [6.07, 6.45) is 5.71. The number of carbonyl (C=O) groups is 4. The molecular weight excluding hydrogens is 496 g/mol. The fourth-order valence-corrected chi connectivity index (χ4v) is 4.94. The maximum Gasteiger partial charge on any atom is 0.408 e. The van der Waals surface area contributed by atoms with Crippen molar-refractivity contribution in [2.75, 3.05) is 6.54 Å². The molecule has 0 radical (unpaired) electrons. The minimum absolute atomic E-state index is 0.000200. The van der Waals surface area contributed by atoms with Crippen LogP contribution in [0.15, 0.2) is 18.2 Å². The normalized spacial score (nSPS) is 15.6. The summed E-state index contributed by atoms with van der Waals surface area (Å²) in [5.74, 6) is -1.26. The van der Waals surface area contributed by atoms with Crippen molar-refractivity contribution < 1.29 is 23.9 Å². The summed E-state index contributed by atoms with van der Waals surface area (Å²) >= 11 is 0. The molecule has 1 saturated carbocycles. The van der Waals surface area contributed by atoms with Gasteiger partial charge >= 0.3 is 6.09 Å². The number of unbranched alkanes of at least 4 members (excludes halogenated alkanes) is 1. The summed E-state index contributed by atoms with van der Waals surface area (Å²) in [7, 11) is 0. The van der Waals surface area contributed by atoms with Crippen LogP contribution in [0.4, 0.5) is 4.79 Å². The van der Waals surface area contributed by atoms with Crippen LogP contribution in [0.25, 0.3) is 0 Å². The van der Waals surface area contributed by atoms with Gasteiger partial charge in [-0.3, -0.25) is 14.4 Å². The monoisotopic (exact) mass is 544 g/mol. The first-order valence-corrected chi connectivity index (χ1v) is 14.3. The van der Waals surface area contributed by atoms with Crippen LogP contribution in [0.5, 0.6) is 0 Å². The third-order valence-electron chi connectivity index (χ3n) is 7.16. The molecule has 0 saturated heterocycles. The van der Waals surface area contributed by atoms with Gasteiger partial charge in [0.1, 0.15) is 17.7 Å². The van der Waals surface area contributed by atoms with E-state index in [-0.39, 0.29) is 24.8 Å². The number of aryl methyl sites for hydroxylation is 1. The van der Waals surface area contributed by atoms with Gasteiger partial charge < -0.3 is 26.0 Å². The van der Waals surface area contributed by atoms with E-state index >= 15 is 0 Å². The van der Waals surface area contributed by atoms with Crippen LogP contribution in [0, 0.1) is 13.8 Å². The first-order valence-electron chi connectivity index (χ1n) is 14.3. The van der Waals surface area contributed by atoms with Crippen LogP contribution < -0.4 is 16.4 Å². The number of primary amides is 1. The molecule has 1 aliphatic rings. The Hall–Kier alpha value is -3.10. The van der Waals surface area contributed by atoms with Crippen molar-refractivity contribution in [3.63, 3.8) is 0 Å². The molecule has 0 bridgehead atoms. The Morgan fingerprint density at radius 3 is 2.36 bits per heavy atom. The molecule has 2 rings (SSSR count). The Morgan fingerprint density at radius 2 is 1.77 bits per heavy atom. The highest BCUT2D eigenvalue weighted by atomic mass is 16.6. The molecule has 2 atom stereocenters. The molecule has 0 aliphatic heterocycles. The van der Waals surface area contributed by atoms with Crippen molar-refractivity contribution in [1.29, 1.82) is 0 Å². The van der Waals surface area contributed by atoms with E-state index in [1.807, 2.05) is 39.0 Å². The zero-order valence-electron chi connectivity index (χ0n) is 24.6. The summed E-state index contributed by atoms with van der Waals surface area (Å²) in [5, 5.41) is 5.86. The van der Waals surface area contributed by atoms with E-state index in [0.717, 1.165) is 55.2 Å². The van der Waals surface area contributed by atoms with Crippen LogP contribution in [0.3, 0.4) is 0 Å². The fraction of sp³-hybridized carbons (Fsp3) is 0.667. The number of ether oxygens (including phenoxy) is 1. The second-order valence-corrected chi connectivity index (χ2v) is 11.6. The van der Waals surface area contributed by atoms with Crippen molar-refractivity contribution in [3.8, 4) is 0 Å². The van der Waals surface area contributed by atoms with Gasteiger partial charge in [0.15, 0.2) is 0 Å². The lowest BCUT2D eigenvalue weighted by Crippen LogP contribution is -2.54. The Balaban J connectivity index is 2.51. The van der Waals surface area contributed by atoms with Crippen molar-refractivity contribution in [1.82, 2.24) is 15.5 Å². The van der Waals surface area contributed by atoms with Crippen LogP contribution in [-0.2, 0) is 19.1 Å². The molecule has 9 heteroatoms. The van der Waals surface area contributed by atoms with E-state index in [1.165, 1.54) is 0 Å². The molecule has 1 aromatic carbocycles. The topological polar surface area (TPSA) is 131 Å². The molecule has 4 amide bonds. The number of amides is 4. The lowest BCUT2D eigenvalue weighted by molar-refractivity contribution is -0.143. The molecule has 218 valence electrons. The smallest absolute Gasteiger partial charge is 0.408 e. The minimum Gasteiger partial charge on any atom is -0.444 e. The van der Waals surface area contributed by atoms with Crippen molar-refractivity contribution >= 4 is 23.8 Å². The summed E-state index contributed by atoms with van der Waals surface area (Å²) in [5.41, 5.74) is 7.32. The average Bonchev–Trinajstić information content (AvgIpc) is 2.85. The van der Waals surface area contributed by atoms with Gasteiger partial charge in [0.05, 0.1) is 0 Å². The van der Waals surface area contributed by atoms with E-state index in [4.69, 9.17) is 10.5 Å². The molecule has 2 unspecified atom stereocenters. The molecule has 1 aromatic rings. The van der Waals surface area contributed by atoms with E-state index in [2.05, 4.69) is 10.6 Å². The van der Waals surface area contributed by atoms with Gasteiger partial charge in [-0.2, -0.15) is 0 Å². The number of nitrogens with two attached hydrogens (primary N) is 1. The van der Waals surface area contributed by atoms with Gasteiger partial charge in [-0.25, -0.2) is 4.79 Å².